The predicted molar refractivity (Wildman–Crippen MR) is 283 cm³/mol. The predicted octanol–water partition coefficient (Wildman–Crippen LogP) is 12.1. The van der Waals surface area contributed by atoms with Crippen molar-refractivity contribution in [2.45, 2.75) is 116 Å². The van der Waals surface area contributed by atoms with Crippen molar-refractivity contribution in [3.63, 3.8) is 0 Å². The summed E-state index contributed by atoms with van der Waals surface area (Å²) in [5.41, 5.74) is 7.21. The van der Waals surface area contributed by atoms with Crippen molar-refractivity contribution in [2.24, 2.45) is 15.0 Å². The molecule has 7 aromatic rings. The van der Waals surface area contributed by atoms with E-state index in [1.807, 2.05) is 61.1 Å². The zero-order valence-electron chi connectivity index (χ0n) is 41.9. The maximum absolute atomic E-state index is 5.26. The van der Waals surface area contributed by atoms with Crippen LogP contribution in [0, 0.1) is 0 Å². The van der Waals surface area contributed by atoms with Gasteiger partial charge in [-0.1, -0.05) is 91.0 Å². The van der Waals surface area contributed by atoms with E-state index in [0.717, 1.165) is 51.3 Å². The normalized spacial score (nSPS) is 19.3. The van der Waals surface area contributed by atoms with Crippen LogP contribution in [0.2, 0.25) is 0 Å². The molecule has 3 aliphatic rings. The lowest BCUT2D eigenvalue weighted by Gasteiger charge is -2.41. The third-order valence-electron chi connectivity index (χ3n) is 15.6. The summed E-state index contributed by atoms with van der Waals surface area (Å²) in [6.45, 7) is 26.5. The first-order valence-electron chi connectivity index (χ1n) is 23.9. The van der Waals surface area contributed by atoms with E-state index < -0.39 is 0 Å². The van der Waals surface area contributed by atoms with Crippen molar-refractivity contribution in [3.8, 4) is 34.3 Å². The van der Waals surface area contributed by atoms with E-state index in [1.54, 1.807) is 0 Å². The van der Waals surface area contributed by atoms with Gasteiger partial charge in [-0.2, -0.15) is 0 Å². The van der Waals surface area contributed by atoms with Crippen LogP contribution in [-0.2, 0) is 0 Å². The smallest absolute Gasteiger partial charge is 0.179 e. The van der Waals surface area contributed by atoms with Gasteiger partial charge in [0.05, 0.1) is 91.7 Å². The second-order valence-electron chi connectivity index (χ2n) is 21.4. The van der Waals surface area contributed by atoms with E-state index in [1.165, 1.54) is 0 Å². The number of nitrogens with zero attached hydrogens (tertiary/aromatic N) is 11. The number of hydrogen-bond donors (Lipinski definition) is 0. The average Bonchev–Trinajstić information content (AvgIpc) is 3.76. The highest BCUT2D eigenvalue weighted by molar-refractivity contribution is 6.14. The van der Waals surface area contributed by atoms with Gasteiger partial charge in [0.2, 0.25) is 0 Å². The molecule has 0 bridgehead atoms. The lowest BCUT2D eigenvalue weighted by molar-refractivity contribution is 0.338. The standard InChI is InChI=1S/C58H61N11/c1-53(2)56(7,8)67(50(64-53)38-22-16-13-17-23-38)41-28-31-44(59-35-41)47-34-48(45-32-29-42(36-60-45)68-51(39-24-18-14-19-25-39)65-54(3,4)57(68,9)10)63-49(62-47)46-33-30-43(37-61-46)69-52(40-26-20-15-21-27-40)66-55(5,6)58(69,11)12/h13-37H,1-12H3. The molecule has 0 unspecified atom stereocenters. The average molecular weight is 912 g/mol. The highest BCUT2D eigenvalue weighted by Gasteiger charge is 2.52. The van der Waals surface area contributed by atoms with Gasteiger partial charge in [0.25, 0.3) is 0 Å². The summed E-state index contributed by atoms with van der Waals surface area (Å²) in [7, 11) is 0. The van der Waals surface area contributed by atoms with Gasteiger partial charge in [-0.25, -0.2) is 9.97 Å². The Bertz CT molecular complexity index is 2780. The fourth-order valence-electron chi connectivity index (χ4n) is 9.46. The molecule has 0 saturated carbocycles. The van der Waals surface area contributed by atoms with Crippen LogP contribution < -0.4 is 14.7 Å². The Hall–Kier alpha value is -7.40. The number of aliphatic imine (C=N–C) groups is 3. The largest absolute Gasteiger partial charge is 0.317 e. The maximum Gasteiger partial charge on any atom is 0.179 e. The molecule has 7 heterocycles. The first kappa shape index (κ1) is 45.4. The number of pyridine rings is 3. The van der Waals surface area contributed by atoms with Gasteiger partial charge in [0.1, 0.15) is 23.2 Å². The van der Waals surface area contributed by atoms with Gasteiger partial charge in [-0.3, -0.25) is 29.9 Å². The summed E-state index contributed by atoms with van der Waals surface area (Å²) in [5.74, 6) is 3.21. The zero-order valence-corrected chi connectivity index (χ0v) is 41.9. The molecule has 348 valence electrons. The van der Waals surface area contributed by atoms with E-state index in [-0.39, 0.29) is 33.2 Å². The molecule has 69 heavy (non-hydrogen) atoms. The van der Waals surface area contributed by atoms with Gasteiger partial charge in [-0.05, 0) is 126 Å². The summed E-state index contributed by atoms with van der Waals surface area (Å²) in [5, 5.41) is 0. The van der Waals surface area contributed by atoms with Crippen LogP contribution in [0.25, 0.3) is 34.3 Å². The molecule has 11 nitrogen and oxygen atoms in total. The van der Waals surface area contributed by atoms with Crippen molar-refractivity contribution in [2.75, 3.05) is 14.7 Å². The Balaban J connectivity index is 1.05. The van der Waals surface area contributed by atoms with Crippen molar-refractivity contribution in [1.82, 2.24) is 24.9 Å². The summed E-state index contributed by atoms with van der Waals surface area (Å²) in [4.78, 5) is 48.3. The van der Waals surface area contributed by atoms with Gasteiger partial charge >= 0.3 is 0 Å². The first-order chi connectivity index (χ1) is 32.7. The van der Waals surface area contributed by atoms with Gasteiger partial charge in [0.15, 0.2) is 5.82 Å². The third kappa shape index (κ3) is 7.50. The molecule has 4 aromatic heterocycles. The first-order valence-corrected chi connectivity index (χ1v) is 23.9. The maximum atomic E-state index is 5.26. The van der Waals surface area contributed by atoms with Crippen molar-refractivity contribution >= 4 is 34.6 Å². The Labute approximate surface area is 406 Å². The van der Waals surface area contributed by atoms with Crippen LogP contribution in [0.4, 0.5) is 17.1 Å². The minimum absolute atomic E-state index is 0.339. The Morgan fingerprint density at radius 1 is 0.319 bits per heavy atom. The van der Waals surface area contributed by atoms with Gasteiger partial charge < -0.3 is 14.7 Å². The van der Waals surface area contributed by atoms with Crippen molar-refractivity contribution in [3.05, 3.63) is 169 Å². The van der Waals surface area contributed by atoms with E-state index >= 15 is 0 Å². The lowest BCUT2D eigenvalue weighted by Crippen LogP contribution is -2.53. The number of benzene rings is 3. The minimum Gasteiger partial charge on any atom is -0.317 e. The Morgan fingerprint density at radius 3 is 0.884 bits per heavy atom. The second kappa shape index (κ2) is 16.1. The number of rotatable bonds is 9. The van der Waals surface area contributed by atoms with E-state index in [0.29, 0.717) is 34.3 Å². The molecule has 0 atom stereocenters. The monoisotopic (exact) mass is 912 g/mol. The molecule has 0 radical (unpaired) electrons. The second-order valence-corrected chi connectivity index (χ2v) is 21.4. The fraction of sp³-hybridized carbons (Fsp3) is 0.310. The summed E-state index contributed by atoms with van der Waals surface area (Å²) < 4.78 is 0. The van der Waals surface area contributed by atoms with Crippen molar-refractivity contribution < 1.29 is 0 Å². The minimum atomic E-state index is -0.360. The molecule has 11 heteroatoms. The van der Waals surface area contributed by atoms with Gasteiger partial charge in [0, 0.05) is 16.7 Å². The molecule has 10 rings (SSSR count). The summed E-state index contributed by atoms with van der Waals surface area (Å²) in [6.07, 6.45) is 5.76. The summed E-state index contributed by atoms with van der Waals surface area (Å²) in [6, 6.07) is 45.4. The van der Waals surface area contributed by atoms with Crippen LogP contribution in [0.1, 0.15) is 99.8 Å². The molecule has 3 aliphatic heterocycles. The molecule has 0 fully saturated rings. The highest BCUT2D eigenvalue weighted by Crippen LogP contribution is 2.45. The van der Waals surface area contributed by atoms with Crippen LogP contribution in [0.3, 0.4) is 0 Å². The Morgan fingerprint density at radius 2 is 0.609 bits per heavy atom. The van der Waals surface area contributed by atoms with Crippen molar-refractivity contribution in [1.29, 1.82) is 0 Å². The Kier molecular flexibility index (Phi) is 10.6. The topological polar surface area (TPSA) is 111 Å². The zero-order chi connectivity index (χ0) is 48.7. The molecular weight excluding hydrogens is 851 g/mol. The highest BCUT2D eigenvalue weighted by atomic mass is 15.4. The lowest BCUT2D eigenvalue weighted by atomic mass is 9.83. The number of amidine groups is 3. The van der Waals surface area contributed by atoms with E-state index in [2.05, 4.69) is 189 Å². The van der Waals surface area contributed by atoms with Crippen LogP contribution in [0.5, 0.6) is 0 Å². The van der Waals surface area contributed by atoms with E-state index in [4.69, 9.17) is 39.9 Å². The summed E-state index contributed by atoms with van der Waals surface area (Å²) >= 11 is 0. The van der Waals surface area contributed by atoms with E-state index in [9.17, 15) is 0 Å². The number of anilines is 3. The molecule has 0 amide bonds. The van der Waals surface area contributed by atoms with Crippen LogP contribution in [0.15, 0.2) is 167 Å². The third-order valence-corrected chi connectivity index (χ3v) is 15.6. The molecule has 0 N–H and O–H groups in total. The van der Waals surface area contributed by atoms with Crippen LogP contribution in [-0.4, -0.2) is 75.7 Å². The number of aromatic nitrogens is 5. The van der Waals surface area contributed by atoms with Crippen LogP contribution >= 0.6 is 0 Å². The fourth-order valence-corrected chi connectivity index (χ4v) is 9.46. The molecule has 0 aliphatic carbocycles. The molecular formula is C58H61N11. The molecule has 0 spiro atoms. The quantitative estimate of drug-likeness (QED) is 0.141. The molecule has 3 aromatic carbocycles. The SMILES string of the molecule is CC1(C)N=C(c2ccccc2)N(c2ccc(-c3cc(-c4ccc(N5C(c6ccccc6)=NC(C)(C)C5(C)C)cn4)nc(-c4ccc(N5C(c6ccccc6)=NC(C)(C)C5(C)C)cn4)n3)nc2)C1(C)C. The van der Waals surface area contributed by atoms with Gasteiger partial charge in [-0.15, -0.1) is 0 Å². The molecule has 0 saturated heterocycles. The number of hydrogen-bond acceptors (Lipinski definition) is 11.